The summed E-state index contributed by atoms with van der Waals surface area (Å²) >= 11 is 3.37. The molecule has 0 aliphatic carbocycles. The third-order valence-corrected chi connectivity index (χ3v) is 2.33. The zero-order valence-electron chi connectivity index (χ0n) is 7.57. The lowest BCUT2D eigenvalue weighted by atomic mass is 10.2. The van der Waals surface area contributed by atoms with Gasteiger partial charge in [0.05, 0.1) is 6.10 Å². The number of rotatable bonds is 3. The highest BCUT2D eigenvalue weighted by molar-refractivity contribution is 9.10. The summed E-state index contributed by atoms with van der Waals surface area (Å²) in [7, 11) is 0. The molecule has 2 heteroatoms. The summed E-state index contributed by atoms with van der Waals surface area (Å²) < 4.78 is 1.07. The van der Waals surface area contributed by atoms with Crippen LogP contribution in [0.1, 0.15) is 18.9 Å². The minimum atomic E-state index is -0.330. The highest BCUT2D eigenvalue weighted by Gasteiger charge is 1.92. The molecule has 0 radical (unpaired) electrons. The molecule has 0 fully saturated rings. The van der Waals surface area contributed by atoms with Gasteiger partial charge in [-0.25, -0.2) is 0 Å². The second-order valence-electron chi connectivity index (χ2n) is 2.89. The Labute approximate surface area is 87.2 Å². The molecule has 0 bridgehead atoms. The molecule has 1 nitrogen and oxygen atoms in total. The maximum atomic E-state index is 9.28. The maximum Gasteiger partial charge on any atom is 0.0721 e. The van der Waals surface area contributed by atoms with Crippen LogP contribution >= 0.6 is 15.9 Å². The molecule has 1 aromatic rings. The quantitative estimate of drug-likeness (QED) is 0.861. The molecule has 0 amide bonds. The highest BCUT2D eigenvalue weighted by Crippen LogP contribution is 2.11. The van der Waals surface area contributed by atoms with Gasteiger partial charge < -0.3 is 5.11 Å². The van der Waals surface area contributed by atoms with Crippen LogP contribution in [0.25, 0.3) is 6.08 Å². The Kier molecular flexibility index (Phi) is 4.19. The van der Waals surface area contributed by atoms with Gasteiger partial charge in [0.2, 0.25) is 0 Å². The van der Waals surface area contributed by atoms with E-state index in [1.165, 1.54) is 0 Å². The fraction of sp³-hybridized carbons (Fsp3) is 0.273. The van der Waals surface area contributed by atoms with Crippen molar-refractivity contribution < 1.29 is 5.11 Å². The molecule has 1 aromatic carbocycles. The van der Waals surface area contributed by atoms with E-state index in [1.54, 1.807) is 0 Å². The summed E-state index contributed by atoms with van der Waals surface area (Å²) in [5.74, 6) is 0. The van der Waals surface area contributed by atoms with Crippen LogP contribution < -0.4 is 0 Å². The van der Waals surface area contributed by atoms with Gasteiger partial charge >= 0.3 is 0 Å². The van der Waals surface area contributed by atoms with Crippen molar-refractivity contribution in [1.82, 2.24) is 0 Å². The van der Waals surface area contributed by atoms with Gasteiger partial charge in [0.15, 0.2) is 0 Å². The average molecular weight is 241 g/mol. The van der Waals surface area contributed by atoms with Crippen molar-refractivity contribution in [3.05, 3.63) is 40.4 Å². The van der Waals surface area contributed by atoms with Crippen LogP contribution in [0.4, 0.5) is 0 Å². The predicted octanol–water partition coefficient (Wildman–Crippen LogP) is 3.23. The smallest absolute Gasteiger partial charge is 0.0721 e. The van der Waals surface area contributed by atoms with E-state index in [2.05, 4.69) is 15.9 Å². The van der Waals surface area contributed by atoms with Gasteiger partial charge in [0, 0.05) is 4.47 Å². The van der Waals surface area contributed by atoms with Gasteiger partial charge in [0.1, 0.15) is 0 Å². The Morgan fingerprint density at radius 1 is 1.38 bits per heavy atom. The lowest BCUT2D eigenvalue weighted by Crippen LogP contribution is -1.97. The van der Waals surface area contributed by atoms with Crippen LogP contribution in [0.2, 0.25) is 0 Å². The summed E-state index contributed by atoms with van der Waals surface area (Å²) in [4.78, 5) is 0. The normalized spacial score (nSPS) is 13.5. The second-order valence-corrected chi connectivity index (χ2v) is 3.80. The van der Waals surface area contributed by atoms with E-state index in [-0.39, 0.29) is 6.10 Å². The summed E-state index contributed by atoms with van der Waals surface area (Å²) in [6, 6.07) is 7.97. The fourth-order valence-electron chi connectivity index (χ4n) is 0.932. The van der Waals surface area contributed by atoms with Gasteiger partial charge in [-0.15, -0.1) is 0 Å². The summed E-state index contributed by atoms with van der Waals surface area (Å²) in [5, 5.41) is 9.28. The number of aliphatic hydroxyl groups is 1. The van der Waals surface area contributed by atoms with Crippen molar-refractivity contribution in [2.75, 3.05) is 0 Å². The Balaban J connectivity index is 2.64. The molecule has 1 unspecified atom stereocenters. The first-order chi connectivity index (χ1) is 6.22. The maximum absolute atomic E-state index is 9.28. The molecule has 0 aromatic heterocycles. The molecule has 1 atom stereocenters. The Morgan fingerprint density at radius 3 is 2.54 bits per heavy atom. The Hall–Kier alpha value is -0.600. The summed E-state index contributed by atoms with van der Waals surface area (Å²) in [6.07, 6.45) is 4.17. The molecule has 0 aliphatic rings. The number of hydrogen-bond acceptors (Lipinski definition) is 1. The summed E-state index contributed by atoms with van der Waals surface area (Å²) in [5.41, 5.74) is 1.11. The standard InChI is InChI=1S/C11H13BrO/c1-2-11(13)8-5-9-3-6-10(12)7-4-9/h3-8,11,13H,2H2,1H3/b8-5+. The third kappa shape index (κ3) is 3.75. The third-order valence-electron chi connectivity index (χ3n) is 1.80. The monoisotopic (exact) mass is 240 g/mol. The summed E-state index contributed by atoms with van der Waals surface area (Å²) in [6.45, 7) is 1.95. The van der Waals surface area contributed by atoms with Crippen LogP contribution in [-0.4, -0.2) is 11.2 Å². The molecule has 0 heterocycles. The molecule has 70 valence electrons. The van der Waals surface area contributed by atoms with Crippen molar-refractivity contribution in [3.63, 3.8) is 0 Å². The van der Waals surface area contributed by atoms with Crippen molar-refractivity contribution >= 4 is 22.0 Å². The van der Waals surface area contributed by atoms with Crippen molar-refractivity contribution in [2.24, 2.45) is 0 Å². The van der Waals surface area contributed by atoms with Crippen LogP contribution in [0.5, 0.6) is 0 Å². The molecule has 0 aliphatic heterocycles. The lowest BCUT2D eigenvalue weighted by molar-refractivity contribution is 0.220. The molecular formula is C11H13BrO. The first kappa shape index (κ1) is 10.5. The van der Waals surface area contributed by atoms with E-state index in [1.807, 2.05) is 43.3 Å². The molecule has 0 saturated heterocycles. The molecule has 1 rings (SSSR count). The van der Waals surface area contributed by atoms with E-state index >= 15 is 0 Å². The van der Waals surface area contributed by atoms with Gasteiger partial charge in [-0.1, -0.05) is 47.1 Å². The zero-order valence-corrected chi connectivity index (χ0v) is 9.16. The fourth-order valence-corrected chi connectivity index (χ4v) is 1.20. The van der Waals surface area contributed by atoms with Crippen LogP contribution in [0.3, 0.4) is 0 Å². The SMILES string of the molecule is CCC(O)/C=C/c1ccc(Br)cc1. The van der Waals surface area contributed by atoms with E-state index < -0.39 is 0 Å². The molecule has 0 spiro atoms. The highest BCUT2D eigenvalue weighted by atomic mass is 79.9. The molecular weight excluding hydrogens is 228 g/mol. The molecule has 1 N–H and O–H groups in total. The number of halogens is 1. The van der Waals surface area contributed by atoms with Crippen molar-refractivity contribution in [2.45, 2.75) is 19.4 Å². The molecule has 13 heavy (non-hydrogen) atoms. The lowest BCUT2D eigenvalue weighted by Gasteiger charge is -1.99. The van der Waals surface area contributed by atoms with Gasteiger partial charge in [-0.05, 0) is 24.1 Å². The van der Waals surface area contributed by atoms with E-state index in [0.717, 1.165) is 16.5 Å². The Morgan fingerprint density at radius 2 is 2.00 bits per heavy atom. The van der Waals surface area contributed by atoms with Crippen LogP contribution in [0, 0.1) is 0 Å². The first-order valence-electron chi connectivity index (χ1n) is 4.34. The van der Waals surface area contributed by atoms with E-state index in [4.69, 9.17) is 0 Å². The zero-order chi connectivity index (χ0) is 9.68. The van der Waals surface area contributed by atoms with Gasteiger partial charge in [-0.2, -0.15) is 0 Å². The van der Waals surface area contributed by atoms with E-state index in [0.29, 0.717) is 0 Å². The first-order valence-corrected chi connectivity index (χ1v) is 5.13. The Bertz CT molecular complexity index is 277. The number of hydrogen-bond donors (Lipinski definition) is 1. The van der Waals surface area contributed by atoms with Gasteiger partial charge in [0.25, 0.3) is 0 Å². The largest absolute Gasteiger partial charge is 0.389 e. The molecule has 0 saturated carbocycles. The minimum Gasteiger partial charge on any atom is -0.389 e. The van der Waals surface area contributed by atoms with E-state index in [9.17, 15) is 5.11 Å². The van der Waals surface area contributed by atoms with Crippen molar-refractivity contribution in [3.8, 4) is 0 Å². The topological polar surface area (TPSA) is 20.2 Å². The number of benzene rings is 1. The predicted molar refractivity (Wildman–Crippen MR) is 59.5 cm³/mol. The second kappa shape index (κ2) is 5.20. The van der Waals surface area contributed by atoms with Gasteiger partial charge in [-0.3, -0.25) is 0 Å². The number of aliphatic hydroxyl groups excluding tert-OH is 1. The van der Waals surface area contributed by atoms with Crippen LogP contribution in [0.15, 0.2) is 34.8 Å². The van der Waals surface area contributed by atoms with Crippen molar-refractivity contribution in [1.29, 1.82) is 0 Å². The van der Waals surface area contributed by atoms with Crippen LogP contribution in [-0.2, 0) is 0 Å². The average Bonchev–Trinajstić information content (AvgIpc) is 2.16. The minimum absolute atomic E-state index is 0.330.